The number of phenolic OH excluding ortho intramolecular Hbond substituents is 1. The maximum atomic E-state index is 13.9. The Morgan fingerprint density at radius 1 is 1.14 bits per heavy atom. The molecule has 0 aliphatic carbocycles. The molecular formula is C25H26N2O7S. The van der Waals surface area contributed by atoms with Crippen LogP contribution in [-0.4, -0.2) is 60.8 Å². The van der Waals surface area contributed by atoms with Gasteiger partial charge in [-0.25, -0.2) is 4.90 Å². The molecule has 2 amide bonds. The molecule has 0 spiro atoms. The highest BCUT2D eigenvalue weighted by Gasteiger charge is 2.68. The van der Waals surface area contributed by atoms with Crippen molar-refractivity contribution in [2.75, 3.05) is 37.2 Å². The van der Waals surface area contributed by atoms with E-state index >= 15 is 0 Å². The van der Waals surface area contributed by atoms with Crippen molar-refractivity contribution < 1.29 is 33.7 Å². The number of thioether (sulfide) groups is 1. The number of hydrogen-bond donors (Lipinski definition) is 2. The van der Waals surface area contributed by atoms with Gasteiger partial charge in [-0.05, 0) is 48.3 Å². The van der Waals surface area contributed by atoms with Gasteiger partial charge in [-0.15, -0.1) is 0 Å². The second-order valence-corrected chi connectivity index (χ2v) is 9.75. The summed E-state index contributed by atoms with van der Waals surface area (Å²) < 4.78 is 16.4. The van der Waals surface area contributed by atoms with Crippen molar-refractivity contribution in [1.29, 1.82) is 0 Å². The summed E-state index contributed by atoms with van der Waals surface area (Å²) in [6, 6.07) is 10.7. The summed E-state index contributed by atoms with van der Waals surface area (Å²) in [6.45, 7) is 0.797. The average Bonchev–Trinajstić information content (AvgIpc) is 3.36. The van der Waals surface area contributed by atoms with E-state index in [1.165, 1.54) is 19.2 Å². The zero-order valence-electron chi connectivity index (χ0n) is 19.4. The molecule has 2 N–H and O–H groups in total. The van der Waals surface area contributed by atoms with Crippen molar-refractivity contribution in [3.05, 3.63) is 48.0 Å². The standard InChI is InChI=1S/C25H26N2O7S/c1-32-24(31)25(9-12-35-2)20-19(21(26-25)14-3-6-16(28)7-4-14)22(29)27(23(20)30)15-5-8-17-18(13-15)34-11-10-33-17/h3-8,13,19-21,26,28H,9-12H2,1-2H3/t19-,20-,21-,25-/m1/s1. The predicted octanol–water partition coefficient (Wildman–Crippen LogP) is 2.28. The maximum Gasteiger partial charge on any atom is 0.326 e. The number of rotatable bonds is 6. The van der Waals surface area contributed by atoms with Gasteiger partial charge in [-0.1, -0.05) is 12.1 Å². The first-order chi connectivity index (χ1) is 16.9. The van der Waals surface area contributed by atoms with E-state index in [-0.39, 0.29) is 5.75 Å². The number of ether oxygens (including phenoxy) is 3. The molecule has 10 heteroatoms. The zero-order chi connectivity index (χ0) is 24.7. The second kappa shape index (κ2) is 9.09. The fourth-order valence-electron chi connectivity index (χ4n) is 5.36. The van der Waals surface area contributed by atoms with E-state index in [9.17, 15) is 19.5 Å². The van der Waals surface area contributed by atoms with Crippen LogP contribution in [0.3, 0.4) is 0 Å². The van der Waals surface area contributed by atoms with Crippen molar-refractivity contribution in [1.82, 2.24) is 5.32 Å². The van der Waals surface area contributed by atoms with E-state index in [4.69, 9.17) is 14.2 Å². The number of esters is 1. The second-order valence-electron chi connectivity index (χ2n) is 8.76. The van der Waals surface area contributed by atoms with E-state index < -0.39 is 41.2 Å². The normalized spacial score (nSPS) is 27.1. The van der Waals surface area contributed by atoms with Gasteiger partial charge in [0.05, 0.1) is 24.6 Å². The first-order valence-corrected chi connectivity index (χ1v) is 12.7. The number of imide groups is 1. The van der Waals surface area contributed by atoms with Crippen LogP contribution in [0.25, 0.3) is 0 Å². The number of phenols is 1. The summed E-state index contributed by atoms with van der Waals surface area (Å²) in [7, 11) is 1.29. The van der Waals surface area contributed by atoms with Crippen LogP contribution in [0.1, 0.15) is 18.0 Å². The fraction of sp³-hybridized carbons (Fsp3) is 0.400. The number of carbonyl (C=O) groups excluding carboxylic acids is 3. The number of methoxy groups -OCH3 is 1. The number of hydrogen-bond acceptors (Lipinski definition) is 9. The molecule has 5 rings (SSSR count). The monoisotopic (exact) mass is 498 g/mol. The Labute approximate surface area is 206 Å². The Morgan fingerprint density at radius 2 is 1.86 bits per heavy atom. The first kappa shape index (κ1) is 23.5. The van der Waals surface area contributed by atoms with Gasteiger partial charge in [-0.3, -0.25) is 19.7 Å². The van der Waals surface area contributed by atoms with Crippen LogP contribution in [0.4, 0.5) is 5.69 Å². The molecule has 0 saturated carbocycles. The van der Waals surface area contributed by atoms with E-state index in [0.717, 1.165) is 4.90 Å². The van der Waals surface area contributed by atoms with Crippen molar-refractivity contribution in [3.63, 3.8) is 0 Å². The summed E-state index contributed by atoms with van der Waals surface area (Å²) in [5.74, 6) is -1.56. The van der Waals surface area contributed by atoms with Crippen LogP contribution in [0.5, 0.6) is 17.2 Å². The van der Waals surface area contributed by atoms with E-state index in [1.807, 2.05) is 6.26 Å². The molecule has 4 atom stereocenters. The van der Waals surface area contributed by atoms with Gasteiger partial charge in [0.2, 0.25) is 11.8 Å². The number of carbonyl (C=O) groups is 3. The summed E-state index contributed by atoms with van der Waals surface area (Å²) in [5.41, 5.74) is -0.315. The number of benzene rings is 2. The van der Waals surface area contributed by atoms with Gasteiger partial charge < -0.3 is 19.3 Å². The third-order valence-corrected chi connectivity index (χ3v) is 7.55. The van der Waals surface area contributed by atoms with Gasteiger partial charge in [0.1, 0.15) is 24.5 Å². The Kier molecular flexibility index (Phi) is 6.10. The molecule has 2 fully saturated rings. The van der Waals surface area contributed by atoms with Crippen molar-refractivity contribution in [2.24, 2.45) is 11.8 Å². The van der Waals surface area contributed by atoms with Gasteiger partial charge >= 0.3 is 5.97 Å². The van der Waals surface area contributed by atoms with Gasteiger partial charge in [0, 0.05) is 12.1 Å². The average molecular weight is 499 g/mol. The Bertz CT molecular complexity index is 1170. The lowest BCUT2D eigenvalue weighted by molar-refractivity contribution is -0.152. The van der Waals surface area contributed by atoms with Crippen LogP contribution in [-0.2, 0) is 19.1 Å². The number of anilines is 1. The lowest BCUT2D eigenvalue weighted by Crippen LogP contribution is -2.56. The molecule has 35 heavy (non-hydrogen) atoms. The van der Waals surface area contributed by atoms with Crippen LogP contribution in [0.15, 0.2) is 42.5 Å². The maximum absolute atomic E-state index is 13.9. The quantitative estimate of drug-likeness (QED) is 0.457. The highest BCUT2D eigenvalue weighted by atomic mass is 32.2. The summed E-state index contributed by atoms with van der Waals surface area (Å²) >= 11 is 1.54. The third kappa shape index (κ3) is 3.71. The molecule has 3 aliphatic heterocycles. The smallest absolute Gasteiger partial charge is 0.326 e. The van der Waals surface area contributed by atoms with Gasteiger partial charge in [0.25, 0.3) is 0 Å². The summed E-state index contributed by atoms with van der Waals surface area (Å²) in [5, 5.41) is 13.1. The largest absolute Gasteiger partial charge is 0.508 e. The lowest BCUT2D eigenvalue weighted by atomic mass is 9.78. The Hall–Kier alpha value is -3.24. The minimum atomic E-state index is -1.37. The SMILES string of the molecule is COC(=O)[C@]1(CCSC)N[C@H](c2ccc(O)cc2)[C@@H]2C(=O)N(c3ccc4c(c3)OCCO4)C(=O)[C@@H]21. The molecule has 2 saturated heterocycles. The number of amides is 2. The number of nitrogens with one attached hydrogen (secondary N) is 1. The zero-order valence-corrected chi connectivity index (χ0v) is 20.2. The number of nitrogens with zero attached hydrogens (tertiary/aromatic N) is 1. The molecule has 0 unspecified atom stereocenters. The molecule has 0 aromatic heterocycles. The molecule has 0 bridgehead atoms. The third-order valence-electron chi connectivity index (χ3n) is 6.94. The molecule has 184 valence electrons. The molecular weight excluding hydrogens is 472 g/mol. The fourth-order valence-corrected chi connectivity index (χ4v) is 5.89. The summed E-state index contributed by atoms with van der Waals surface area (Å²) in [4.78, 5) is 42.2. The van der Waals surface area contributed by atoms with Gasteiger partial charge in [0.15, 0.2) is 11.5 Å². The molecule has 3 heterocycles. The van der Waals surface area contributed by atoms with Crippen LogP contribution >= 0.6 is 11.8 Å². The Balaban J connectivity index is 1.61. The minimum Gasteiger partial charge on any atom is -0.508 e. The lowest BCUT2D eigenvalue weighted by Gasteiger charge is -2.32. The van der Waals surface area contributed by atoms with Crippen LogP contribution in [0, 0.1) is 11.8 Å². The summed E-state index contributed by atoms with van der Waals surface area (Å²) in [6.07, 6.45) is 2.22. The van der Waals surface area contributed by atoms with Crippen LogP contribution < -0.4 is 19.7 Å². The van der Waals surface area contributed by atoms with Crippen molar-refractivity contribution >= 4 is 35.2 Å². The molecule has 2 aromatic carbocycles. The number of fused-ring (bicyclic) bond motifs is 2. The van der Waals surface area contributed by atoms with E-state index in [0.29, 0.717) is 48.1 Å². The van der Waals surface area contributed by atoms with E-state index in [2.05, 4.69) is 5.32 Å². The first-order valence-electron chi connectivity index (χ1n) is 11.3. The highest BCUT2D eigenvalue weighted by molar-refractivity contribution is 7.98. The van der Waals surface area contributed by atoms with Crippen molar-refractivity contribution in [3.8, 4) is 17.2 Å². The predicted molar refractivity (Wildman–Crippen MR) is 129 cm³/mol. The minimum absolute atomic E-state index is 0.0802. The van der Waals surface area contributed by atoms with Gasteiger partial charge in [-0.2, -0.15) is 11.8 Å². The molecule has 0 radical (unpaired) electrons. The van der Waals surface area contributed by atoms with Crippen molar-refractivity contribution in [2.45, 2.75) is 18.0 Å². The topological polar surface area (TPSA) is 114 Å². The van der Waals surface area contributed by atoms with E-state index in [1.54, 1.807) is 42.1 Å². The molecule has 2 aromatic rings. The molecule has 3 aliphatic rings. The number of aromatic hydroxyl groups is 1. The van der Waals surface area contributed by atoms with Crippen LogP contribution in [0.2, 0.25) is 0 Å². The Morgan fingerprint density at radius 3 is 2.54 bits per heavy atom. The molecule has 9 nitrogen and oxygen atoms in total. The highest BCUT2D eigenvalue weighted by Crippen LogP contribution is 2.52.